The third-order valence-electron chi connectivity index (χ3n) is 3.25. The predicted octanol–water partition coefficient (Wildman–Crippen LogP) is 1.93. The second kappa shape index (κ2) is 7.19. The lowest BCUT2D eigenvalue weighted by molar-refractivity contribution is -0.141. The van der Waals surface area contributed by atoms with Crippen LogP contribution in [0.4, 0.5) is 0 Å². The monoisotopic (exact) mass is 313 g/mol. The molecule has 1 heterocycles. The maximum Gasteiger partial charge on any atom is 0.307 e. The van der Waals surface area contributed by atoms with E-state index in [1.807, 2.05) is 6.20 Å². The van der Waals surface area contributed by atoms with Gasteiger partial charge in [0.1, 0.15) is 6.73 Å². The summed E-state index contributed by atoms with van der Waals surface area (Å²) in [5.41, 5.74) is 6.16. The first-order chi connectivity index (χ1) is 9.64. The van der Waals surface area contributed by atoms with E-state index in [4.69, 9.17) is 10.5 Å². The number of methoxy groups -OCH3 is 1. The fourth-order valence-electron chi connectivity index (χ4n) is 1.74. The molecule has 0 unspecified atom stereocenters. The minimum Gasteiger partial charge on any atom is -0.469 e. The Morgan fingerprint density at radius 2 is 2.14 bits per heavy atom. The van der Waals surface area contributed by atoms with Crippen LogP contribution in [0, 0.1) is 0 Å². The Balaban J connectivity index is 2.51. The van der Waals surface area contributed by atoms with Crippen LogP contribution in [-0.4, -0.2) is 37.5 Å². The van der Waals surface area contributed by atoms with Crippen molar-refractivity contribution in [3.8, 4) is 0 Å². The largest absolute Gasteiger partial charge is 0.469 e. The molecule has 2 N–H and O–H groups in total. The average Bonchev–Trinajstić information content (AvgIpc) is 2.82. The zero-order chi connectivity index (χ0) is 16.1. The van der Waals surface area contributed by atoms with Crippen LogP contribution < -0.4 is 5.73 Å². The van der Waals surface area contributed by atoms with E-state index < -0.39 is 13.6 Å². The van der Waals surface area contributed by atoms with Crippen molar-refractivity contribution >= 4 is 14.0 Å². The molecule has 0 aliphatic carbocycles. The summed E-state index contributed by atoms with van der Waals surface area (Å²) in [5, 5.41) is 4.22. The van der Waals surface area contributed by atoms with Crippen LogP contribution in [0.3, 0.4) is 0 Å². The number of carbonyl (C=O) groups is 1. The van der Waals surface area contributed by atoms with Gasteiger partial charge in [-0.2, -0.15) is 5.10 Å². The number of hydrogen-bond donors (Lipinski definition) is 1. The quantitative estimate of drug-likeness (QED) is 0.451. The smallest absolute Gasteiger partial charge is 0.307 e. The summed E-state index contributed by atoms with van der Waals surface area (Å²) in [5.74, 6) is -0.334. The van der Waals surface area contributed by atoms with Crippen LogP contribution in [0.5, 0.6) is 0 Å². The van der Waals surface area contributed by atoms with Crippen molar-refractivity contribution in [3.05, 3.63) is 18.0 Å². The molecule has 21 heavy (non-hydrogen) atoms. The molecular weight excluding hydrogens is 286 g/mol. The third kappa shape index (κ3) is 6.41. The molecule has 0 aromatic carbocycles. The molecule has 1 rings (SSSR count). The normalized spacial score (nSPS) is 14.8. The summed E-state index contributed by atoms with van der Waals surface area (Å²) >= 11 is 0. The predicted molar refractivity (Wildman–Crippen MR) is 84.5 cm³/mol. The summed E-state index contributed by atoms with van der Waals surface area (Å²) < 4.78 is 12.0. The zero-order valence-electron chi connectivity index (χ0n) is 13.7. The van der Waals surface area contributed by atoms with E-state index in [9.17, 15) is 4.79 Å². The van der Waals surface area contributed by atoms with Crippen molar-refractivity contribution < 1.29 is 14.3 Å². The topological polar surface area (TPSA) is 79.4 Å². The lowest BCUT2D eigenvalue weighted by atomic mass is 9.92. The highest BCUT2D eigenvalue weighted by molar-refractivity contribution is 6.76. The van der Waals surface area contributed by atoms with Crippen LogP contribution in [0.2, 0.25) is 25.7 Å². The molecule has 6 nitrogen and oxygen atoms in total. The molecule has 0 saturated carbocycles. The van der Waals surface area contributed by atoms with Crippen molar-refractivity contribution in [1.82, 2.24) is 9.78 Å². The van der Waals surface area contributed by atoms with Gasteiger partial charge in [0, 0.05) is 26.4 Å². The van der Waals surface area contributed by atoms with Crippen molar-refractivity contribution in [2.24, 2.45) is 5.73 Å². The van der Waals surface area contributed by atoms with E-state index in [1.54, 1.807) is 17.8 Å². The van der Waals surface area contributed by atoms with Gasteiger partial charge in [0.05, 0.1) is 25.3 Å². The number of nitrogens with two attached hydrogens (primary N) is 1. The number of aromatic nitrogens is 2. The standard InChI is InChI=1S/C14H27N3O3Si/c1-14(15,8-13(18)19-2)12-9-16-17(10-12)11-20-6-7-21(3,4)5/h9-10H,6-8,11,15H2,1-5H3/t14-/m0/s1. The summed E-state index contributed by atoms with van der Waals surface area (Å²) in [6.45, 7) is 9.88. The van der Waals surface area contributed by atoms with Gasteiger partial charge in [0.2, 0.25) is 0 Å². The van der Waals surface area contributed by atoms with Crippen molar-refractivity contribution in [3.63, 3.8) is 0 Å². The molecule has 0 amide bonds. The number of carbonyl (C=O) groups excluding carboxylic acids is 1. The van der Waals surface area contributed by atoms with Gasteiger partial charge in [0.15, 0.2) is 0 Å². The van der Waals surface area contributed by atoms with Gasteiger partial charge in [-0.25, -0.2) is 4.68 Å². The first kappa shape index (κ1) is 17.9. The summed E-state index contributed by atoms with van der Waals surface area (Å²) in [6, 6.07) is 1.12. The minimum atomic E-state index is -1.07. The molecule has 1 aromatic rings. The molecule has 0 radical (unpaired) electrons. The Hall–Kier alpha value is -1.18. The molecule has 0 aliphatic rings. The summed E-state index contributed by atoms with van der Waals surface area (Å²) in [7, 11) is 0.287. The van der Waals surface area contributed by atoms with Crippen LogP contribution in [0.1, 0.15) is 18.9 Å². The summed E-state index contributed by atoms with van der Waals surface area (Å²) in [6.07, 6.45) is 3.61. The van der Waals surface area contributed by atoms with E-state index in [2.05, 4.69) is 29.5 Å². The van der Waals surface area contributed by atoms with Gasteiger partial charge in [-0.05, 0) is 13.0 Å². The SMILES string of the molecule is COC(=O)C[C@](C)(N)c1cnn(COCC[Si](C)(C)C)c1. The molecule has 0 bridgehead atoms. The third-order valence-corrected chi connectivity index (χ3v) is 4.96. The van der Waals surface area contributed by atoms with Gasteiger partial charge in [-0.1, -0.05) is 19.6 Å². The zero-order valence-corrected chi connectivity index (χ0v) is 14.7. The van der Waals surface area contributed by atoms with Crippen molar-refractivity contribution in [2.45, 2.75) is 51.3 Å². The van der Waals surface area contributed by atoms with Crippen LogP contribution >= 0.6 is 0 Å². The molecule has 0 fully saturated rings. The second-order valence-corrected chi connectivity index (χ2v) is 12.4. The van der Waals surface area contributed by atoms with Crippen molar-refractivity contribution in [1.29, 1.82) is 0 Å². The fourth-order valence-corrected chi connectivity index (χ4v) is 2.50. The lowest BCUT2D eigenvalue weighted by Gasteiger charge is -2.21. The Bertz CT molecular complexity index is 466. The first-order valence-electron chi connectivity index (χ1n) is 7.10. The Kier molecular flexibility index (Phi) is 6.12. The Labute approximate surface area is 127 Å². The maximum atomic E-state index is 11.4. The number of hydrogen-bond acceptors (Lipinski definition) is 5. The average molecular weight is 313 g/mol. The number of esters is 1. The second-order valence-electron chi connectivity index (χ2n) is 6.79. The summed E-state index contributed by atoms with van der Waals surface area (Å²) in [4.78, 5) is 11.4. The Morgan fingerprint density at radius 3 is 2.71 bits per heavy atom. The number of ether oxygens (including phenoxy) is 2. The highest BCUT2D eigenvalue weighted by Crippen LogP contribution is 2.21. The van der Waals surface area contributed by atoms with Crippen LogP contribution in [-0.2, 0) is 26.5 Å². The van der Waals surface area contributed by atoms with Gasteiger partial charge < -0.3 is 15.2 Å². The number of rotatable bonds is 8. The van der Waals surface area contributed by atoms with Crippen molar-refractivity contribution in [2.75, 3.05) is 13.7 Å². The van der Waals surface area contributed by atoms with E-state index >= 15 is 0 Å². The molecule has 0 aliphatic heterocycles. The van der Waals surface area contributed by atoms with E-state index in [0.29, 0.717) is 6.73 Å². The number of nitrogens with zero attached hydrogens (tertiary/aromatic N) is 2. The molecule has 1 aromatic heterocycles. The first-order valence-corrected chi connectivity index (χ1v) is 10.8. The van der Waals surface area contributed by atoms with E-state index in [-0.39, 0.29) is 12.4 Å². The molecule has 0 saturated heterocycles. The van der Waals surface area contributed by atoms with Gasteiger partial charge in [-0.15, -0.1) is 0 Å². The van der Waals surface area contributed by atoms with E-state index in [1.165, 1.54) is 7.11 Å². The molecule has 7 heteroatoms. The van der Waals surface area contributed by atoms with Gasteiger partial charge in [-0.3, -0.25) is 4.79 Å². The minimum absolute atomic E-state index is 0.117. The highest BCUT2D eigenvalue weighted by atomic mass is 28.3. The van der Waals surface area contributed by atoms with Gasteiger partial charge in [0.25, 0.3) is 0 Å². The maximum absolute atomic E-state index is 11.4. The Morgan fingerprint density at radius 1 is 1.48 bits per heavy atom. The van der Waals surface area contributed by atoms with E-state index in [0.717, 1.165) is 18.2 Å². The lowest BCUT2D eigenvalue weighted by Crippen LogP contribution is -2.35. The molecule has 1 atom stereocenters. The molecule has 0 spiro atoms. The fraction of sp³-hybridized carbons (Fsp3) is 0.714. The van der Waals surface area contributed by atoms with Crippen LogP contribution in [0.15, 0.2) is 12.4 Å². The van der Waals surface area contributed by atoms with Crippen LogP contribution in [0.25, 0.3) is 0 Å². The molecule has 120 valence electrons. The van der Waals surface area contributed by atoms with Gasteiger partial charge >= 0.3 is 5.97 Å². The molecular formula is C14H27N3O3Si. The highest BCUT2D eigenvalue weighted by Gasteiger charge is 2.27.